The fourth-order valence-corrected chi connectivity index (χ4v) is 5.43. The summed E-state index contributed by atoms with van der Waals surface area (Å²) in [5.74, 6) is 1.43. The zero-order chi connectivity index (χ0) is 19.5. The number of aromatic nitrogens is 2. The Morgan fingerprint density at radius 1 is 1.11 bits per heavy atom. The summed E-state index contributed by atoms with van der Waals surface area (Å²) in [6, 6.07) is 0. The SMILES string of the molecule is C[C@@H]1CN(C(=O)c2cn[nH]c2C2CCN(CC3CCCCC3)CC2)C[C@@H](C)O1. The van der Waals surface area contributed by atoms with Gasteiger partial charge >= 0.3 is 0 Å². The van der Waals surface area contributed by atoms with Crippen LogP contribution >= 0.6 is 0 Å². The van der Waals surface area contributed by atoms with Crippen LogP contribution in [0.1, 0.15) is 80.8 Å². The van der Waals surface area contributed by atoms with Crippen LogP contribution < -0.4 is 0 Å². The highest BCUT2D eigenvalue weighted by atomic mass is 16.5. The van der Waals surface area contributed by atoms with Gasteiger partial charge in [-0.15, -0.1) is 0 Å². The van der Waals surface area contributed by atoms with Crippen LogP contribution in [0, 0.1) is 5.92 Å². The quantitative estimate of drug-likeness (QED) is 0.859. The minimum atomic E-state index is 0.0890. The molecule has 6 heteroatoms. The maximum atomic E-state index is 13.1. The Bertz CT molecular complexity index is 637. The van der Waals surface area contributed by atoms with E-state index in [0.717, 1.165) is 43.1 Å². The lowest BCUT2D eigenvalue weighted by Crippen LogP contribution is -2.48. The lowest BCUT2D eigenvalue weighted by Gasteiger charge is -2.36. The van der Waals surface area contributed by atoms with Crippen molar-refractivity contribution in [2.24, 2.45) is 5.92 Å². The first-order chi connectivity index (χ1) is 13.6. The molecule has 0 unspecified atom stereocenters. The molecule has 0 radical (unpaired) electrons. The lowest BCUT2D eigenvalue weighted by atomic mass is 9.87. The van der Waals surface area contributed by atoms with Gasteiger partial charge in [0.2, 0.25) is 0 Å². The van der Waals surface area contributed by atoms with Crippen molar-refractivity contribution in [2.75, 3.05) is 32.7 Å². The summed E-state index contributed by atoms with van der Waals surface area (Å²) in [6.07, 6.45) is 11.2. The number of carbonyl (C=O) groups excluding carboxylic acids is 1. The first-order valence-corrected chi connectivity index (χ1v) is 11.3. The standard InChI is InChI=1S/C22H36N4O2/c1-16-13-26(14-17(2)28-16)22(27)20-12-23-24-21(20)19-8-10-25(11-9-19)15-18-6-4-3-5-7-18/h12,16-19H,3-11,13-15H2,1-2H3,(H,23,24)/t16-,17-/m1/s1. The summed E-state index contributed by atoms with van der Waals surface area (Å²) in [5, 5.41) is 7.41. The third kappa shape index (κ3) is 4.60. The average molecular weight is 389 g/mol. The fourth-order valence-electron chi connectivity index (χ4n) is 5.43. The van der Waals surface area contributed by atoms with Gasteiger partial charge in [0.15, 0.2) is 0 Å². The molecule has 1 saturated carbocycles. The van der Waals surface area contributed by atoms with Crippen molar-refractivity contribution in [3.63, 3.8) is 0 Å². The first-order valence-electron chi connectivity index (χ1n) is 11.3. The zero-order valence-corrected chi connectivity index (χ0v) is 17.5. The Labute approximate surface area is 169 Å². The van der Waals surface area contributed by atoms with Gasteiger partial charge in [0.1, 0.15) is 0 Å². The third-order valence-electron chi connectivity index (χ3n) is 6.84. The molecule has 1 N–H and O–H groups in total. The summed E-state index contributed by atoms with van der Waals surface area (Å²) < 4.78 is 5.78. The maximum absolute atomic E-state index is 13.1. The lowest BCUT2D eigenvalue weighted by molar-refractivity contribution is -0.0586. The summed E-state index contributed by atoms with van der Waals surface area (Å²) in [5.41, 5.74) is 1.82. The van der Waals surface area contributed by atoms with Crippen molar-refractivity contribution in [1.82, 2.24) is 20.0 Å². The van der Waals surface area contributed by atoms with Crippen LogP contribution in [-0.4, -0.2) is 70.8 Å². The van der Waals surface area contributed by atoms with E-state index in [1.54, 1.807) is 6.20 Å². The van der Waals surface area contributed by atoms with Gasteiger partial charge in [-0.3, -0.25) is 9.89 Å². The molecule has 2 aliphatic heterocycles. The number of hydrogen-bond acceptors (Lipinski definition) is 4. The minimum absolute atomic E-state index is 0.0890. The molecular weight excluding hydrogens is 352 g/mol. The van der Waals surface area contributed by atoms with Crippen molar-refractivity contribution >= 4 is 5.91 Å². The van der Waals surface area contributed by atoms with Crippen LogP contribution in [0.25, 0.3) is 0 Å². The predicted octanol–water partition coefficient (Wildman–Crippen LogP) is 3.42. The molecule has 1 aromatic heterocycles. The van der Waals surface area contributed by atoms with Crippen LogP contribution in [0.4, 0.5) is 0 Å². The third-order valence-corrected chi connectivity index (χ3v) is 6.84. The number of carbonyl (C=O) groups is 1. The number of amides is 1. The fraction of sp³-hybridized carbons (Fsp3) is 0.818. The number of morpholine rings is 1. The van der Waals surface area contributed by atoms with E-state index in [-0.39, 0.29) is 18.1 Å². The van der Waals surface area contributed by atoms with E-state index < -0.39 is 0 Å². The molecule has 2 saturated heterocycles. The molecule has 156 valence electrons. The Morgan fingerprint density at radius 3 is 2.46 bits per heavy atom. The van der Waals surface area contributed by atoms with Crippen molar-refractivity contribution in [3.8, 4) is 0 Å². The molecule has 0 bridgehead atoms. The Hall–Kier alpha value is -1.40. The minimum Gasteiger partial charge on any atom is -0.372 e. The molecule has 0 aromatic carbocycles. The molecule has 4 rings (SSSR count). The maximum Gasteiger partial charge on any atom is 0.257 e. The Kier molecular flexibility index (Phi) is 6.36. The predicted molar refractivity (Wildman–Crippen MR) is 109 cm³/mol. The highest BCUT2D eigenvalue weighted by molar-refractivity contribution is 5.95. The molecule has 2 atom stereocenters. The van der Waals surface area contributed by atoms with Crippen LogP contribution in [0.5, 0.6) is 0 Å². The van der Waals surface area contributed by atoms with Gasteiger partial charge in [-0.1, -0.05) is 19.3 Å². The normalized spacial score (nSPS) is 28.6. The molecule has 28 heavy (non-hydrogen) atoms. The Morgan fingerprint density at radius 2 is 1.79 bits per heavy atom. The molecule has 3 heterocycles. The van der Waals surface area contributed by atoms with Gasteiger partial charge in [-0.05, 0) is 58.5 Å². The van der Waals surface area contributed by atoms with Crippen LogP contribution in [-0.2, 0) is 4.74 Å². The monoisotopic (exact) mass is 388 g/mol. The average Bonchev–Trinajstić information content (AvgIpc) is 3.18. The molecular formula is C22H36N4O2. The number of nitrogens with zero attached hydrogens (tertiary/aromatic N) is 3. The van der Waals surface area contributed by atoms with E-state index in [2.05, 4.69) is 15.1 Å². The highest BCUT2D eigenvalue weighted by Gasteiger charge is 2.32. The van der Waals surface area contributed by atoms with Gasteiger partial charge in [0, 0.05) is 25.6 Å². The van der Waals surface area contributed by atoms with Crippen LogP contribution in [0.15, 0.2) is 6.20 Å². The number of rotatable bonds is 4. The summed E-state index contributed by atoms with van der Waals surface area (Å²) in [6.45, 7) is 8.94. The number of H-pyrrole nitrogens is 1. The number of likely N-dealkylation sites (tertiary alicyclic amines) is 1. The number of hydrogen-bond donors (Lipinski definition) is 1. The van der Waals surface area contributed by atoms with Gasteiger partial charge in [0.25, 0.3) is 5.91 Å². The van der Waals surface area contributed by atoms with Gasteiger partial charge in [0.05, 0.1) is 29.7 Å². The van der Waals surface area contributed by atoms with Gasteiger partial charge in [-0.2, -0.15) is 5.10 Å². The summed E-state index contributed by atoms with van der Waals surface area (Å²) in [7, 11) is 0. The second kappa shape index (κ2) is 8.95. The number of ether oxygens (including phenoxy) is 1. The molecule has 1 aliphatic carbocycles. The van der Waals surface area contributed by atoms with Gasteiger partial charge in [-0.25, -0.2) is 0 Å². The molecule has 0 spiro atoms. The topological polar surface area (TPSA) is 61.5 Å². The molecule has 6 nitrogen and oxygen atoms in total. The van der Waals surface area contributed by atoms with Crippen molar-refractivity contribution in [2.45, 2.75) is 76.9 Å². The largest absolute Gasteiger partial charge is 0.372 e. The van der Waals surface area contributed by atoms with E-state index in [1.165, 1.54) is 38.6 Å². The van der Waals surface area contributed by atoms with E-state index in [9.17, 15) is 4.79 Å². The second-order valence-corrected chi connectivity index (χ2v) is 9.24. The van der Waals surface area contributed by atoms with E-state index in [0.29, 0.717) is 19.0 Å². The van der Waals surface area contributed by atoms with Crippen molar-refractivity contribution in [3.05, 3.63) is 17.5 Å². The first kappa shape index (κ1) is 19.9. The van der Waals surface area contributed by atoms with Crippen molar-refractivity contribution in [1.29, 1.82) is 0 Å². The summed E-state index contributed by atoms with van der Waals surface area (Å²) >= 11 is 0. The zero-order valence-electron chi connectivity index (χ0n) is 17.5. The van der Waals surface area contributed by atoms with Crippen LogP contribution in [0.3, 0.4) is 0 Å². The highest BCUT2D eigenvalue weighted by Crippen LogP contribution is 2.32. The Balaban J connectivity index is 1.35. The van der Waals surface area contributed by atoms with Crippen molar-refractivity contribution < 1.29 is 9.53 Å². The molecule has 3 fully saturated rings. The second-order valence-electron chi connectivity index (χ2n) is 9.24. The smallest absolute Gasteiger partial charge is 0.257 e. The van der Waals surface area contributed by atoms with Gasteiger partial charge < -0.3 is 14.5 Å². The van der Waals surface area contributed by atoms with E-state index in [1.807, 2.05) is 18.7 Å². The number of aromatic amines is 1. The van der Waals surface area contributed by atoms with Crippen LogP contribution in [0.2, 0.25) is 0 Å². The number of piperidine rings is 1. The molecule has 3 aliphatic rings. The molecule has 1 aromatic rings. The number of nitrogens with one attached hydrogen (secondary N) is 1. The summed E-state index contributed by atoms with van der Waals surface area (Å²) in [4.78, 5) is 17.7. The molecule has 1 amide bonds. The van der Waals surface area contributed by atoms with E-state index >= 15 is 0 Å². The van der Waals surface area contributed by atoms with E-state index in [4.69, 9.17) is 4.74 Å².